The quantitative estimate of drug-likeness (QED) is 0.936. The molecule has 0 spiro atoms. The molecular weight excluding hydrogens is 260 g/mol. The second-order valence-corrected chi connectivity index (χ2v) is 5.30. The molecule has 1 atom stereocenters. The first-order chi connectivity index (χ1) is 9.33. The molecule has 0 saturated carbocycles. The first-order valence-corrected chi connectivity index (χ1v) is 7.13. The number of nitrogens with zero attached hydrogens (tertiary/aromatic N) is 1. The van der Waals surface area contributed by atoms with Crippen LogP contribution in [0.1, 0.15) is 12.8 Å². The number of nitrogens with one attached hydrogen (secondary N) is 1. The topological polar surface area (TPSA) is 51.2 Å². The van der Waals surface area contributed by atoms with E-state index < -0.39 is 0 Å². The van der Waals surface area contributed by atoms with Gasteiger partial charge in [-0.3, -0.25) is 4.79 Å². The molecule has 1 aliphatic rings. The molecule has 1 amide bonds. The SMILES string of the molecule is O=C(Nc1ccc(-c2nccs2)cc1)C1CCCO1. The average molecular weight is 274 g/mol. The number of amides is 1. The smallest absolute Gasteiger partial charge is 0.253 e. The fourth-order valence-corrected chi connectivity index (χ4v) is 2.71. The third kappa shape index (κ3) is 2.83. The highest BCUT2D eigenvalue weighted by Gasteiger charge is 2.23. The molecule has 4 nitrogen and oxygen atoms in total. The van der Waals surface area contributed by atoms with Gasteiger partial charge in [-0.15, -0.1) is 11.3 Å². The van der Waals surface area contributed by atoms with Crippen LogP contribution >= 0.6 is 11.3 Å². The van der Waals surface area contributed by atoms with Crippen molar-refractivity contribution in [3.05, 3.63) is 35.8 Å². The third-order valence-electron chi connectivity index (χ3n) is 3.05. The van der Waals surface area contributed by atoms with E-state index in [-0.39, 0.29) is 12.0 Å². The van der Waals surface area contributed by atoms with Crippen molar-refractivity contribution >= 4 is 22.9 Å². The number of carbonyl (C=O) groups is 1. The summed E-state index contributed by atoms with van der Waals surface area (Å²) in [6, 6.07) is 7.71. The van der Waals surface area contributed by atoms with Crippen LogP contribution in [-0.2, 0) is 9.53 Å². The van der Waals surface area contributed by atoms with Gasteiger partial charge >= 0.3 is 0 Å². The number of rotatable bonds is 3. The minimum absolute atomic E-state index is 0.0560. The molecular formula is C14H14N2O2S. The van der Waals surface area contributed by atoms with Gasteiger partial charge in [0.2, 0.25) is 0 Å². The van der Waals surface area contributed by atoms with E-state index in [9.17, 15) is 4.79 Å². The van der Waals surface area contributed by atoms with E-state index in [1.807, 2.05) is 29.6 Å². The summed E-state index contributed by atoms with van der Waals surface area (Å²) in [7, 11) is 0. The Morgan fingerprint density at radius 3 is 2.84 bits per heavy atom. The van der Waals surface area contributed by atoms with E-state index in [4.69, 9.17) is 4.74 Å². The second-order valence-electron chi connectivity index (χ2n) is 4.41. The highest BCUT2D eigenvalue weighted by atomic mass is 32.1. The van der Waals surface area contributed by atoms with Crippen LogP contribution in [0.25, 0.3) is 10.6 Å². The Morgan fingerprint density at radius 2 is 2.21 bits per heavy atom. The predicted molar refractivity (Wildman–Crippen MR) is 75.2 cm³/mol. The molecule has 19 heavy (non-hydrogen) atoms. The molecule has 2 aromatic rings. The maximum absolute atomic E-state index is 11.9. The van der Waals surface area contributed by atoms with Crippen LogP contribution in [0.5, 0.6) is 0 Å². The van der Waals surface area contributed by atoms with Gasteiger partial charge < -0.3 is 10.1 Å². The van der Waals surface area contributed by atoms with Gasteiger partial charge in [-0.2, -0.15) is 0 Å². The summed E-state index contributed by atoms with van der Waals surface area (Å²) in [5.74, 6) is -0.0560. The minimum Gasteiger partial charge on any atom is -0.368 e. The van der Waals surface area contributed by atoms with Crippen molar-refractivity contribution in [1.82, 2.24) is 4.98 Å². The maximum atomic E-state index is 11.9. The molecule has 1 aromatic heterocycles. The molecule has 5 heteroatoms. The lowest BCUT2D eigenvalue weighted by Gasteiger charge is -2.10. The number of ether oxygens (including phenoxy) is 1. The van der Waals surface area contributed by atoms with Crippen molar-refractivity contribution < 1.29 is 9.53 Å². The van der Waals surface area contributed by atoms with E-state index in [2.05, 4.69) is 10.3 Å². The van der Waals surface area contributed by atoms with Crippen molar-refractivity contribution in [2.45, 2.75) is 18.9 Å². The largest absolute Gasteiger partial charge is 0.368 e. The number of thiazole rings is 1. The number of carbonyl (C=O) groups excluding carboxylic acids is 1. The molecule has 1 aromatic carbocycles. The maximum Gasteiger partial charge on any atom is 0.253 e. The second kappa shape index (κ2) is 5.50. The third-order valence-corrected chi connectivity index (χ3v) is 3.88. The Kier molecular flexibility index (Phi) is 3.57. The Bertz CT molecular complexity index is 545. The monoisotopic (exact) mass is 274 g/mol. The number of aromatic nitrogens is 1. The molecule has 1 N–H and O–H groups in total. The van der Waals surface area contributed by atoms with E-state index >= 15 is 0 Å². The van der Waals surface area contributed by atoms with Crippen LogP contribution in [0.2, 0.25) is 0 Å². The van der Waals surface area contributed by atoms with Crippen molar-refractivity contribution in [3.63, 3.8) is 0 Å². The molecule has 98 valence electrons. The van der Waals surface area contributed by atoms with Crippen molar-refractivity contribution in [2.75, 3.05) is 11.9 Å². The van der Waals surface area contributed by atoms with Gasteiger partial charge in [0.05, 0.1) is 0 Å². The summed E-state index contributed by atoms with van der Waals surface area (Å²) in [6.07, 6.45) is 3.26. The van der Waals surface area contributed by atoms with Gasteiger partial charge in [0.15, 0.2) is 0 Å². The van der Waals surface area contributed by atoms with Crippen LogP contribution in [0.4, 0.5) is 5.69 Å². The van der Waals surface area contributed by atoms with Crippen LogP contribution in [-0.4, -0.2) is 23.6 Å². The van der Waals surface area contributed by atoms with Crippen molar-refractivity contribution in [2.24, 2.45) is 0 Å². The molecule has 0 aliphatic carbocycles. The van der Waals surface area contributed by atoms with E-state index in [1.165, 1.54) is 0 Å². The summed E-state index contributed by atoms with van der Waals surface area (Å²) in [5.41, 5.74) is 1.85. The van der Waals surface area contributed by atoms with Crippen molar-refractivity contribution in [1.29, 1.82) is 0 Å². The summed E-state index contributed by atoms with van der Waals surface area (Å²) in [5, 5.41) is 5.81. The Hall–Kier alpha value is -1.72. The zero-order valence-corrected chi connectivity index (χ0v) is 11.2. The number of anilines is 1. The molecule has 1 aliphatic heterocycles. The van der Waals surface area contributed by atoms with Crippen LogP contribution in [0.15, 0.2) is 35.8 Å². The van der Waals surface area contributed by atoms with E-state index in [0.717, 1.165) is 29.1 Å². The van der Waals surface area contributed by atoms with Crippen molar-refractivity contribution in [3.8, 4) is 10.6 Å². The molecule has 0 bridgehead atoms. The fourth-order valence-electron chi connectivity index (χ4n) is 2.07. The average Bonchev–Trinajstić information content (AvgIpc) is 3.13. The van der Waals surface area contributed by atoms with Gasteiger partial charge in [0, 0.05) is 29.4 Å². The molecule has 1 saturated heterocycles. The van der Waals surface area contributed by atoms with Crippen LogP contribution in [0, 0.1) is 0 Å². The first-order valence-electron chi connectivity index (χ1n) is 6.25. The van der Waals surface area contributed by atoms with E-state index in [1.54, 1.807) is 17.5 Å². The van der Waals surface area contributed by atoms with Gasteiger partial charge in [-0.05, 0) is 37.1 Å². The number of benzene rings is 1. The summed E-state index contributed by atoms with van der Waals surface area (Å²) in [4.78, 5) is 16.1. The van der Waals surface area contributed by atoms with E-state index in [0.29, 0.717) is 6.61 Å². The zero-order valence-electron chi connectivity index (χ0n) is 10.3. The molecule has 1 fully saturated rings. The van der Waals surface area contributed by atoms with Gasteiger partial charge in [0.1, 0.15) is 11.1 Å². The Morgan fingerprint density at radius 1 is 1.37 bits per heavy atom. The van der Waals surface area contributed by atoms with Gasteiger partial charge in [0.25, 0.3) is 5.91 Å². The predicted octanol–water partition coefficient (Wildman–Crippen LogP) is 2.93. The van der Waals surface area contributed by atoms with Gasteiger partial charge in [-0.25, -0.2) is 4.98 Å². The zero-order chi connectivity index (χ0) is 13.1. The highest BCUT2D eigenvalue weighted by Crippen LogP contribution is 2.23. The lowest BCUT2D eigenvalue weighted by atomic mass is 10.2. The minimum atomic E-state index is -0.293. The fraction of sp³-hybridized carbons (Fsp3) is 0.286. The van der Waals surface area contributed by atoms with Crippen LogP contribution < -0.4 is 5.32 Å². The standard InChI is InChI=1S/C14H14N2O2S/c17-13(12-2-1-8-18-12)16-11-5-3-10(4-6-11)14-15-7-9-19-14/h3-7,9,12H,1-2,8H2,(H,16,17). The van der Waals surface area contributed by atoms with Crippen LogP contribution in [0.3, 0.4) is 0 Å². The Labute approximate surface area is 115 Å². The molecule has 2 heterocycles. The highest BCUT2D eigenvalue weighted by molar-refractivity contribution is 7.13. The number of hydrogen-bond acceptors (Lipinski definition) is 4. The molecule has 1 unspecified atom stereocenters. The lowest BCUT2D eigenvalue weighted by Crippen LogP contribution is -2.26. The van der Waals surface area contributed by atoms with Gasteiger partial charge in [-0.1, -0.05) is 0 Å². The molecule has 3 rings (SSSR count). The first kappa shape index (κ1) is 12.3. The lowest BCUT2D eigenvalue weighted by molar-refractivity contribution is -0.124. The Balaban J connectivity index is 1.67. The summed E-state index contributed by atoms with van der Waals surface area (Å²) >= 11 is 1.60. The molecule has 0 radical (unpaired) electrons. The normalized spacial score (nSPS) is 18.4. The summed E-state index contributed by atoms with van der Waals surface area (Å²) < 4.78 is 5.35. The number of hydrogen-bond donors (Lipinski definition) is 1. The summed E-state index contributed by atoms with van der Waals surface area (Å²) in [6.45, 7) is 0.682.